The smallest absolute Gasteiger partial charge is 0.254 e. The van der Waals surface area contributed by atoms with Gasteiger partial charge in [0.1, 0.15) is 0 Å². The maximum atomic E-state index is 12.9. The van der Waals surface area contributed by atoms with Gasteiger partial charge in [-0.05, 0) is 37.9 Å². The standard InChI is InChI=1S/C21H30N4O2/c1-3-19-18(13-24-25(19)14-17-7-5-4-6-8-17)20(26)23-15-21(16-27-2)9-11-22-12-10-21/h4-8,13,22H,3,9-12,14-16H2,1-2H3,(H,23,26). The zero-order valence-corrected chi connectivity index (χ0v) is 16.3. The highest BCUT2D eigenvalue weighted by Crippen LogP contribution is 2.28. The van der Waals surface area contributed by atoms with Crippen LogP contribution in [0.3, 0.4) is 0 Å². The molecule has 0 atom stereocenters. The van der Waals surface area contributed by atoms with Gasteiger partial charge in [0.25, 0.3) is 5.91 Å². The lowest BCUT2D eigenvalue weighted by atomic mass is 9.79. The number of amides is 1. The lowest BCUT2D eigenvalue weighted by Gasteiger charge is -2.37. The molecule has 3 rings (SSSR count). The summed E-state index contributed by atoms with van der Waals surface area (Å²) in [5, 5.41) is 11.0. The predicted molar refractivity (Wildman–Crippen MR) is 106 cm³/mol. The van der Waals surface area contributed by atoms with Gasteiger partial charge in [-0.15, -0.1) is 0 Å². The van der Waals surface area contributed by atoms with Crippen LogP contribution >= 0.6 is 0 Å². The fourth-order valence-electron chi connectivity index (χ4n) is 3.86. The van der Waals surface area contributed by atoms with E-state index < -0.39 is 0 Å². The summed E-state index contributed by atoms with van der Waals surface area (Å²) in [5.41, 5.74) is 2.84. The summed E-state index contributed by atoms with van der Waals surface area (Å²) in [7, 11) is 1.73. The van der Waals surface area contributed by atoms with E-state index in [0.29, 0.717) is 25.3 Å². The third-order valence-corrected chi connectivity index (χ3v) is 5.44. The number of hydrogen-bond acceptors (Lipinski definition) is 4. The second kappa shape index (κ2) is 9.15. The molecule has 1 fully saturated rings. The zero-order valence-electron chi connectivity index (χ0n) is 16.3. The molecule has 0 radical (unpaired) electrons. The van der Waals surface area contributed by atoms with Crippen molar-refractivity contribution < 1.29 is 9.53 Å². The summed E-state index contributed by atoms with van der Waals surface area (Å²) in [6.07, 6.45) is 4.48. The molecule has 0 bridgehead atoms. The van der Waals surface area contributed by atoms with Crippen molar-refractivity contribution in [3.05, 3.63) is 53.3 Å². The number of methoxy groups -OCH3 is 1. The quantitative estimate of drug-likeness (QED) is 0.748. The van der Waals surface area contributed by atoms with Gasteiger partial charge in [-0.2, -0.15) is 5.10 Å². The van der Waals surface area contributed by atoms with Crippen molar-refractivity contribution >= 4 is 5.91 Å². The van der Waals surface area contributed by atoms with E-state index in [1.54, 1.807) is 13.3 Å². The number of ether oxygens (including phenoxy) is 1. The number of rotatable bonds is 8. The van der Waals surface area contributed by atoms with Gasteiger partial charge in [0, 0.05) is 19.1 Å². The molecule has 0 aliphatic carbocycles. The number of benzene rings is 1. The molecule has 0 saturated carbocycles. The molecule has 2 N–H and O–H groups in total. The zero-order chi connectivity index (χ0) is 19.1. The molecule has 146 valence electrons. The van der Waals surface area contributed by atoms with Gasteiger partial charge < -0.3 is 15.4 Å². The van der Waals surface area contributed by atoms with Crippen LogP contribution in [-0.4, -0.2) is 49.0 Å². The molecule has 1 amide bonds. The summed E-state index contributed by atoms with van der Waals surface area (Å²) >= 11 is 0. The minimum Gasteiger partial charge on any atom is -0.384 e. The minimum absolute atomic E-state index is 0.0159. The van der Waals surface area contributed by atoms with Crippen molar-refractivity contribution in [2.45, 2.75) is 32.7 Å². The van der Waals surface area contributed by atoms with Crippen LogP contribution in [0.5, 0.6) is 0 Å². The molecule has 1 aromatic carbocycles. The molecule has 1 saturated heterocycles. The average Bonchev–Trinajstić information content (AvgIpc) is 3.10. The van der Waals surface area contributed by atoms with E-state index in [4.69, 9.17) is 4.74 Å². The number of nitrogens with one attached hydrogen (secondary N) is 2. The highest BCUT2D eigenvalue weighted by atomic mass is 16.5. The Morgan fingerprint density at radius 3 is 2.70 bits per heavy atom. The van der Waals surface area contributed by atoms with E-state index in [9.17, 15) is 4.79 Å². The van der Waals surface area contributed by atoms with Crippen molar-refractivity contribution in [3.8, 4) is 0 Å². The molecule has 1 aliphatic heterocycles. The SMILES string of the molecule is CCc1c(C(=O)NCC2(COC)CCNCC2)cnn1Cc1ccccc1. The summed E-state index contributed by atoms with van der Waals surface area (Å²) < 4.78 is 7.37. The van der Waals surface area contributed by atoms with Gasteiger partial charge in [-0.1, -0.05) is 37.3 Å². The van der Waals surface area contributed by atoms with Crippen LogP contribution < -0.4 is 10.6 Å². The molecule has 27 heavy (non-hydrogen) atoms. The molecule has 1 aliphatic rings. The Bertz CT molecular complexity index is 730. The fraction of sp³-hybridized carbons (Fsp3) is 0.524. The summed E-state index contributed by atoms with van der Waals surface area (Å²) in [5.74, 6) is -0.0415. The number of piperidine rings is 1. The van der Waals surface area contributed by atoms with Crippen LogP contribution in [0.25, 0.3) is 0 Å². The first-order chi connectivity index (χ1) is 13.2. The number of hydrogen-bond donors (Lipinski definition) is 2. The van der Waals surface area contributed by atoms with Crippen molar-refractivity contribution in [1.82, 2.24) is 20.4 Å². The van der Waals surface area contributed by atoms with Crippen molar-refractivity contribution in [2.75, 3.05) is 33.4 Å². The summed E-state index contributed by atoms with van der Waals surface area (Å²) in [6, 6.07) is 10.2. The molecule has 2 aromatic rings. The van der Waals surface area contributed by atoms with Crippen molar-refractivity contribution in [3.63, 3.8) is 0 Å². The van der Waals surface area contributed by atoms with Crippen LogP contribution in [-0.2, 0) is 17.7 Å². The maximum Gasteiger partial charge on any atom is 0.254 e. The Morgan fingerprint density at radius 2 is 2.04 bits per heavy atom. The second-order valence-corrected chi connectivity index (χ2v) is 7.37. The van der Waals surface area contributed by atoms with Crippen LogP contribution in [0.2, 0.25) is 0 Å². The summed E-state index contributed by atoms with van der Waals surface area (Å²) in [6.45, 7) is 5.98. The third-order valence-electron chi connectivity index (χ3n) is 5.44. The molecule has 2 heterocycles. The van der Waals surface area contributed by atoms with Crippen LogP contribution in [0.15, 0.2) is 36.5 Å². The molecule has 6 heteroatoms. The van der Waals surface area contributed by atoms with Gasteiger partial charge >= 0.3 is 0 Å². The van der Waals surface area contributed by atoms with Gasteiger partial charge in [-0.3, -0.25) is 9.48 Å². The third kappa shape index (κ3) is 4.76. The number of carbonyl (C=O) groups excluding carboxylic acids is 1. The Labute approximate surface area is 161 Å². The van der Waals surface area contributed by atoms with Gasteiger partial charge in [0.2, 0.25) is 0 Å². The first kappa shape index (κ1) is 19.6. The first-order valence-corrected chi connectivity index (χ1v) is 9.74. The van der Waals surface area contributed by atoms with Gasteiger partial charge in [0.05, 0.1) is 30.6 Å². The molecule has 6 nitrogen and oxygen atoms in total. The number of carbonyl (C=O) groups is 1. The Kier molecular flexibility index (Phi) is 6.63. The Morgan fingerprint density at radius 1 is 1.30 bits per heavy atom. The van der Waals surface area contributed by atoms with E-state index in [1.807, 2.05) is 22.9 Å². The van der Waals surface area contributed by atoms with Crippen molar-refractivity contribution in [1.29, 1.82) is 0 Å². The molecular weight excluding hydrogens is 340 g/mol. The maximum absolute atomic E-state index is 12.9. The van der Waals surface area contributed by atoms with Crippen LogP contribution in [0.1, 0.15) is 41.4 Å². The molecule has 0 unspecified atom stereocenters. The molecule has 0 spiro atoms. The fourth-order valence-corrected chi connectivity index (χ4v) is 3.86. The topological polar surface area (TPSA) is 68.2 Å². The van der Waals surface area contributed by atoms with E-state index >= 15 is 0 Å². The van der Waals surface area contributed by atoms with Gasteiger partial charge in [-0.25, -0.2) is 0 Å². The second-order valence-electron chi connectivity index (χ2n) is 7.37. The lowest BCUT2D eigenvalue weighted by molar-refractivity contribution is 0.0511. The molecule has 1 aromatic heterocycles. The van der Waals surface area contributed by atoms with Gasteiger partial charge in [0.15, 0.2) is 0 Å². The number of aromatic nitrogens is 2. The molecular formula is C21H30N4O2. The van der Waals surface area contributed by atoms with E-state index in [2.05, 4.69) is 34.8 Å². The van der Waals surface area contributed by atoms with E-state index in [0.717, 1.165) is 38.0 Å². The summed E-state index contributed by atoms with van der Waals surface area (Å²) in [4.78, 5) is 12.9. The predicted octanol–water partition coefficient (Wildman–Crippen LogP) is 2.24. The highest BCUT2D eigenvalue weighted by molar-refractivity contribution is 5.95. The van der Waals surface area contributed by atoms with E-state index in [-0.39, 0.29) is 11.3 Å². The average molecular weight is 370 g/mol. The first-order valence-electron chi connectivity index (χ1n) is 9.74. The monoisotopic (exact) mass is 370 g/mol. The largest absolute Gasteiger partial charge is 0.384 e. The van der Waals surface area contributed by atoms with Crippen LogP contribution in [0, 0.1) is 5.41 Å². The minimum atomic E-state index is -0.0415. The Hall–Kier alpha value is -2.18. The highest BCUT2D eigenvalue weighted by Gasteiger charge is 2.33. The van der Waals surface area contributed by atoms with Crippen molar-refractivity contribution in [2.24, 2.45) is 5.41 Å². The normalized spacial score (nSPS) is 16.2. The van der Waals surface area contributed by atoms with Crippen LogP contribution in [0.4, 0.5) is 0 Å². The Balaban J connectivity index is 1.69. The lowest BCUT2D eigenvalue weighted by Crippen LogP contribution is -2.47. The van der Waals surface area contributed by atoms with E-state index in [1.165, 1.54) is 5.56 Å². The number of nitrogens with zero attached hydrogens (tertiary/aromatic N) is 2.